The Morgan fingerprint density at radius 1 is 1.20 bits per heavy atom. The Bertz CT molecular complexity index is 351. The first-order chi connectivity index (χ1) is 6.79. The number of hydrogen-bond acceptors (Lipinski definition) is 1. The van der Waals surface area contributed by atoms with Crippen LogP contribution in [0.15, 0.2) is 18.2 Å². The van der Waals surface area contributed by atoms with Crippen molar-refractivity contribution in [2.75, 3.05) is 0 Å². The standard InChI is InChI=1S/C8H4Cl2F4O/c9-7(10)5-3-4(1-2-6(5)11)15-8(12,13)14/h1-3,7H. The lowest BCUT2D eigenvalue weighted by atomic mass is 10.2. The molecule has 0 amide bonds. The number of rotatable bonds is 2. The molecule has 0 saturated heterocycles. The SMILES string of the molecule is Fc1ccc(OC(F)(F)F)cc1C(Cl)Cl. The van der Waals surface area contributed by atoms with E-state index in [1.807, 2.05) is 0 Å². The van der Waals surface area contributed by atoms with Gasteiger partial charge in [-0.25, -0.2) is 4.39 Å². The molecular formula is C8H4Cl2F4O. The molecule has 0 aliphatic heterocycles. The second-order valence-corrected chi connectivity index (χ2v) is 3.63. The molecule has 0 N–H and O–H groups in total. The summed E-state index contributed by atoms with van der Waals surface area (Å²) in [4.78, 5) is -1.25. The summed E-state index contributed by atoms with van der Waals surface area (Å²) in [5, 5.41) is 0. The summed E-state index contributed by atoms with van der Waals surface area (Å²) < 4.78 is 51.9. The fourth-order valence-electron chi connectivity index (χ4n) is 0.886. The third kappa shape index (κ3) is 3.76. The van der Waals surface area contributed by atoms with Crippen molar-refractivity contribution >= 4 is 23.2 Å². The van der Waals surface area contributed by atoms with Crippen LogP contribution in [0.5, 0.6) is 5.75 Å². The third-order valence-corrected chi connectivity index (χ3v) is 1.91. The zero-order chi connectivity index (χ0) is 11.6. The molecule has 1 rings (SSSR count). The lowest BCUT2D eigenvalue weighted by molar-refractivity contribution is -0.274. The summed E-state index contributed by atoms with van der Waals surface area (Å²) >= 11 is 10.7. The Morgan fingerprint density at radius 2 is 1.80 bits per heavy atom. The molecule has 0 unspecified atom stereocenters. The minimum absolute atomic E-state index is 0.264. The minimum Gasteiger partial charge on any atom is -0.406 e. The number of halogens is 6. The quantitative estimate of drug-likeness (QED) is 0.574. The Hall–Kier alpha value is -0.680. The normalized spacial score (nSPS) is 11.9. The van der Waals surface area contributed by atoms with Crippen molar-refractivity contribution in [2.24, 2.45) is 0 Å². The molecule has 0 spiro atoms. The van der Waals surface area contributed by atoms with Gasteiger partial charge in [0.1, 0.15) is 16.4 Å². The van der Waals surface area contributed by atoms with Crippen LogP contribution in [0.2, 0.25) is 0 Å². The Morgan fingerprint density at radius 3 is 2.27 bits per heavy atom. The van der Waals surface area contributed by atoms with Crippen molar-refractivity contribution < 1.29 is 22.3 Å². The van der Waals surface area contributed by atoms with Crippen LogP contribution >= 0.6 is 23.2 Å². The van der Waals surface area contributed by atoms with E-state index < -0.39 is 22.8 Å². The Balaban J connectivity index is 2.98. The van der Waals surface area contributed by atoms with Crippen LogP contribution in [-0.2, 0) is 0 Å². The monoisotopic (exact) mass is 262 g/mol. The van der Waals surface area contributed by atoms with Crippen molar-refractivity contribution in [1.82, 2.24) is 0 Å². The second kappa shape index (κ2) is 4.45. The first kappa shape index (κ1) is 12.4. The molecule has 1 aromatic carbocycles. The number of alkyl halides is 5. The molecule has 1 nitrogen and oxygen atoms in total. The molecule has 0 saturated carbocycles. The molecule has 0 aliphatic rings. The molecule has 0 fully saturated rings. The van der Waals surface area contributed by atoms with Crippen LogP contribution in [0.4, 0.5) is 17.6 Å². The fraction of sp³-hybridized carbons (Fsp3) is 0.250. The molecule has 0 aromatic heterocycles. The zero-order valence-corrected chi connectivity index (χ0v) is 8.50. The second-order valence-electron chi connectivity index (χ2n) is 2.53. The highest BCUT2D eigenvalue weighted by atomic mass is 35.5. The van der Waals surface area contributed by atoms with Crippen molar-refractivity contribution in [3.05, 3.63) is 29.6 Å². The van der Waals surface area contributed by atoms with Gasteiger partial charge in [-0.05, 0) is 18.2 Å². The van der Waals surface area contributed by atoms with E-state index in [9.17, 15) is 17.6 Å². The summed E-state index contributed by atoms with van der Waals surface area (Å²) in [6.45, 7) is 0. The van der Waals surface area contributed by atoms with Gasteiger partial charge in [0.15, 0.2) is 0 Å². The molecule has 84 valence electrons. The maximum atomic E-state index is 12.9. The molecule has 0 atom stereocenters. The molecule has 0 heterocycles. The van der Waals surface area contributed by atoms with E-state index in [2.05, 4.69) is 4.74 Å². The molecule has 1 aromatic rings. The van der Waals surface area contributed by atoms with Gasteiger partial charge in [0.2, 0.25) is 0 Å². The average Bonchev–Trinajstić information content (AvgIpc) is 2.05. The van der Waals surface area contributed by atoms with Gasteiger partial charge in [0.25, 0.3) is 0 Å². The maximum Gasteiger partial charge on any atom is 0.573 e. The van der Waals surface area contributed by atoms with Crippen LogP contribution in [-0.4, -0.2) is 6.36 Å². The van der Waals surface area contributed by atoms with Crippen molar-refractivity contribution in [3.8, 4) is 5.75 Å². The van der Waals surface area contributed by atoms with Crippen molar-refractivity contribution in [3.63, 3.8) is 0 Å². The fourth-order valence-corrected chi connectivity index (χ4v) is 1.22. The number of benzene rings is 1. The van der Waals surface area contributed by atoms with Crippen LogP contribution in [0.1, 0.15) is 10.4 Å². The predicted molar refractivity (Wildman–Crippen MR) is 47.5 cm³/mol. The summed E-state index contributed by atoms with van der Waals surface area (Å²) in [5.41, 5.74) is -0.264. The van der Waals surface area contributed by atoms with Crippen LogP contribution in [0, 0.1) is 5.82 Å². The lowest BCUT2D eigenvalue weighted by Crippen LogP contribution is -2.17. The maximum absolute atomic E-state index is 12.9. The van der Waals surface area contributed by atoms with Gasteiger partial charge in [-0.2, -0.15) is 0 Å². The number of hydrogen-bond donors (Lipinski definition) is 0. The van der Waals surface area contributed by atoms with Crippen LogP contribution in [0.25, 0.3) is 0 Å². The summed E-state index contributed by atoms with van der Waals surface area (Å²) in [5.74, 6) is -1.36. The molecule has 15 heavy (non-hydrogen) atoms. The predicted octanol–water partition coefficient (Wildman–Crippen LogP) is 4.20. The van der Waals surface area contributed by atoms with Gasteiger partial charge in [0.05, 0.1) is 0 Å². The highest BCUT2D eigenvalue weighted by Crippen LogP contribution is 2.31. The van der Waals surface area contributed by atoms with E-state index in [0.717, 1.165) is 18.2 Å². The largest absolute Gasteiger partial charge is 0.573 e. The van der Waals surface area contributed by atoms with Gasteiger partial charge >= 0.3 is 6.36 Å². The van der Waals surface area contributed by atoms with Gasteiger partial charge in [-0.15, -0.1) is 13.2 Å². The summed E-state index contributed by atoms with van der Waals surface area (Å²) in [6, 6.07) is 2.43. The first-order valence-corrected chi connectivity index (χ1v) is 4.50. The van der Waals surface area contributed by atoms with Crippen molar-refractivity contribution in [1.29, 1.82) is 0 Å². The third-order valence-electron chi connectivity index (χ3n) is 1.44. The molecule has 7 heteroatoms. The highest BCUT2D eigenvalue weighted by Gasteiger charge is 2.31. The molecule has 0 bridgehead atoms. The average molecular weight is 263 g/mol. The molecule has 0 aliphatic carbocycles. The number of ether oxygens (including phenoxy) is 1. The van der Waals surface area contributed by atoms with E-state index in [-0.39, 0.29) is 5.56 Å². The zero-order valence-electron chi connectivity index (χ0n) is 6.99. The smallest absolute Gasteiger partial charge is 0.406 e. The molecular weight excluding hydrogens is 259 g/mol. The summed E-state index contributed by atoms with van der Waals surface area (Å²) in [7, 11) is 0. The first-order valence-electron chi connectivity index (χ1n) is 3.63. The minimum atomic E-state index is -4.83. The summed E-state index contributed by atoms with van der Waals surface area (Å²) in [6.07, 6.45) is -4.83. The Labute approximate surface area is 92.5 Å². The highest BCUT2D eigenvalue weighted by molar-refractivity contribution is 6.44. The van der Waals surface area contributed by atoms with E-state index in [0.29, 0.717) is 0 Å². The van der Waals surface area contributed by atoms with E-state index in [1.165, 1.54) is 0 Å². The topological polar surface area (TPSA) is 9.23 Å². The van der Waals surface area contributed by atoms with Gasteiger partial charge in [0, 0.05) is 5.56 Å². The van der Waals surface area contributed by atoms with E-state index in [4.69, 9.17) is 23.2 Å². The molecule has 0 radical (unpaired) electrons. The lowest BCUT2D eigenvalue weighted by Gasteiger charge is -2.10. The van der Waals surface area contributed by atoms with Crippen LogP contribution < -0.4 is 4.74 Å². The van der Waals surface area contributed by atoms with Gasteiger partial charge in [-0.3, -0.25) is 0 Å². The van der Waals surface area contributed by atoms with Crippen LogP contribution in [0.3, 0.4) is 0 Å². The van der Waals surface area contributed by atoms with E-state index >= 15 is 0 Å². The van der Waals surface area contributed by atoms with Gasteiger partial charge in [-0.1, -0.05) is 23.2 Å². The van der Waals surface area contributed by atoms with Crippen molar-refractivity contribution in [2.45, 2.75) is 11.2 Å². The Kier molecular flexibility index (Phi) is 3.67. The van der Waals surface area contributed by atoms with Gasteiger partial charge < -0.3 is 4.74 Å². The van der Waals surface area contributed by atoms with E-state index in [1.54, 1.807) is 0 Å².